The third-order valence-corrected chi connectivity index (χ3v) is 4.74. The Labute approximate surface area is 124 Å². The zero-order valence-corrected chi connectivity index (χ0v) is 12.5. The van der Waals surface area contributed by atoms with Gasteiger partial charge < -0.3 is 4.57 Å². The average Bonchev–Trinajstić information content (AvgIpc) is 2.87. The molecule has 0 aromatic carbocycles. The van der Waals surface area contributed by atoms with Crippen LogP contribution in [0.3, 0.4) is 0 Å². The normalized spacial score (nSPS) is 23.0. The topological polar surface area (TPSA) is 51.8 Å². The van der Waals surface area contributed by atoms with Gasteiger partial charge in [-0.3, -0.25) is 9.58 Å². The summed E-state index contributed by atoms with van der Waals surface area (Å²) in [6.45, 7) is 3.03. The maximum atomic E-state index is 4.42. The summed E-state index contributed by atoms with van der Waals surface area (Å²) in [4.78, 5) is 2.53. The number of likely N-dealkylation sites (tertiary alicyclic amines) is 1. The molecule has 2 aromatic heterocycles. The summed E-state index contributed by atoms with van der Waals surface area (Å²) in [6.07, 6.45) is 8.95. The first-order valence-corrected chi connectivity index (χ1v) is 7.91. The van der Waals surface area contributed by atoms with Crippen LogP contribution in [-0.2, 0) is 20.1 Å². The summed E-state index contributed by atoms with van der Waals surface area (Å²) in [5.41, 5.74) is 0. The summed E-state index contributed by atoms with van der Waals surface area (Å²) in [6, 6.07) is 2.55. The molecular formula is C15H22N6. The van der Waals surface area contributed by atoms with Crippen molar-refractivity contribution in [3.63, 3.8) is 0 Å². The summed E-state index contributed by atoms with van der Waals surface area (Å²) < 4.78 is 4.25. The van der Waals surface area contributed by atoms with Gasteiger partial charge in [-0.25, -0.2) is 0 Å². The first-order chi connectivity index (χ1) is 10.3. The van der Waals surface area contributed by atoms with E-state index in [2.05, 4.69) is 31.8 Å². The fraction of sp³-hybridized carbons (Fsp3) is 0.667. The molecule has 1 aliphatic carbocycles. The molecule has 1 aliphatic heterocycles. The molecule has 0 unspecified atom stereocenters. The van der Waals surface area contributed by atoms with E-state index in [0.29, 0.717) is 12.0 Å². The smallest absolute Gasteiger partial charge is 0.146 e. The molecule has 1 saturated heterocycles. The molecule has 1 atom stereocenters. The molecule has 0 bridgehead atoms. The highest BCUT2D eigenvalue weighted by Gasteiger charge is 2.31. The van der Waals surface area contributed by atoms with Gasteiger partial charge in [-0.05, 0) is 38.3 Å². The SMILES string of the molecule is Cn1c(CN2CCC[C@H]2Cn2cccn2)nnc1C1CC1. The fourth-order valence-corrected chi connectivity index (χ4v) is 3.33. The second-order valence-corrected chi connectivity index (χ2v) is 6.30. The number of hydrogen-bond donors (Lipinski definition) is 0. The highest BCUT2D eigenvalue weighted by Crippen LogP contribution is 2.38. The largest absolute Gasteiger partial charge is 0.317 e. The molecular weight excluding hydrogens is 264 g/mol. The number of nitrogens with zero attached hydrogens (tertiary/aromatic N) is 6. The maximum absolute atomic E-state index is 4.42. The Morgan fingerprint density at radius 1 is 1.24 bits per heavy atom. The molecule has 0 radical (unpaired) electrons. The van der Waals surface area contributed by atoms with E-state index in [4.69, 9.17) is 0 Å². The summed E-state index contributed by atoms with van der Waals surface area (Å²) in [5.74, 6) is 2.94. The maximum Gasteiger partial charge on any atom is 0.146 e. The highest BCUT2D eigenvalue weighted by molar-refractivity contribution is 5.08. The Kier molecular flexibility index (Phi) is 3.25. The Morgan fingerprint density at radius 3 is 2.90 bits per heavy atom. The first kappa shape index (κ1) is 13.0. The van der Waals surface area contributed by atoms with Gasteiger partial charge in [0.05, 0.1) is 13.1 Å². The molecule has 4 rings (SSSR count). The number of aromatic nitrogens is 5. The Balaban J connectivity index is 1.45. The van der Waals surface area contributed by atoms with Crippen LogP contribution in [0, 0.1) is 0 Å². The van der Waals surface area contributed by atoms with Crippen molar-refractivity contribution in [1.82, 2.24) is 29.4 Å². The second-order valence-electron chi connectivity index (χ2n) is 6.30. The van der Waals surface area contributed by atoms with Crippen molar-refractivity contribution < 1.29 is 0 Å². The summed E-state index contributed by atoms with van der Waals surface area (Å²) >= 11 is 0. The van der Waals surface area contributed by atoms with Gasteiger partial charge in [-0.2, -0.15) is 5.10 Å². The lowest BCUT2D eigenvalue weighted by atomic mass is 10.2. The van der Waals surface area contributed by atoms with Gasteiger partial charge in [0.2, 0.25) is 0 Å². The Bertz CT molecular complexity index is 598. The van der Waals surface area contributed by atoms with Gasteiger partial charge in [0.25, 0.3) is 0 Å². The van der Waals surface area contributed by atoms with Crippen molar-refractivity contribution in [2.75, 3.05) is 6.54 Å². The van der Waals surface area contributed by atoms with E-state index in [1.165, 1.54) is 31.5 Å². The van der Waals surface area contributed by atoms with Gasteiger partial charge in [0, 0.05) is 31.4 Å². The molecule has 2 aromatic rings. The number of hydrogen-bond acceptors (Lipinski definition) is 4. The Hall–Kier alpha value is -1.69. The van der Waals surface area contributed by atoms with Crippen LogP contribution in [0.15, 0.2) is 18.5 Å². The molecule has 21 heavy (non-hydrogen) atoms. The molecule has 1 saturated carbocycles. The van der Waals surface area contributed by atoms with Crippen LogP contribution in [-0.4, -0.2) is 42.0 Å². The van der Waals surface area contributed by atoms with E-state index in [1.54, 1.807) is 0 Å². The fourth-order valence-electron chi connectivity index (χ4n) is 3.33. The molecule has 6 nitrogen and oxygen atoms in total. The van der Waals surface area contributed by atoms with Gasteiger partial charge in [-0.15, -0.1) is 10.2 Å². The van der Waals surface area contributed by atoms with E-state index in [9.17, 15) is 0 Å². The molecule has 0 N–H and O–H groups in total. The van der Waals surface area contributed by atoms with Gasteiger partial charge in [0.15, 0.2) is 0 Å². The van der Waals surface area contributed by atoms with Crippen LogP contribution in [0.25, 0.3) is 0 Å². The minimum absolute atomic E-state index is 0.561. The number of rotatable bonds is 5. The van der Waals surface area contributed by atoms with Crippen molar-refractivity contribution in [2.45, 2.75) is 50.7 Å². The van der Waals surface area contributed by atoms with Crippen molar-refractivity contribution >= 4 is 0 Å². The van der Waals surface area contributed by atoms with Crippen LogP contribution in [0.1, 0.15) is 43.3 Å². The third-order valence-electron chi connectivity index (χ3n) is 4.74. The predicted octanol–water partition coefficient (Wildman–Crippen LogP) is 1.55. The van der Waals surface area contributed by atoms with Gasteiger partial charge >= 0.3 is 0 Å². The van der Waals surface area contributed by atoms with Crippen LogP contribution < -0.4 is 0 Å². The van der Waals surface area contributed by atoms with Gasteiger partial charge in [-0.1, -0.05) is 0 Å². The minimum Gasteiger partial charge on any atom is -0.317 e. The van der Waals surface area contributed by atoms with Crippen LogP contribution in [0.2, 0.25) is 0 Å². The van der Waals surface area contributed by atoms with Crippen molar-refractivity contribution in [3.05, 3.63) is 30.1 Å². The molecule has 112 valence electrons. The zero-order valence-electron chi connectivity index (χ0n) is 12.5. The summed E-state index contributed by atoms with van der Waals surface area (Å²) in [5, 5.41) is 13.1. The van der Waals surface area contributed by atoms with Crippen LogP contribution in [0.5, 0.6) is 0 Å². The van der Waals surface area contributed by atoms with Gasteiger partial charge in [0.1, 0.15) is 11.6 Å². The molecule has 3 heterocycles. The van der Waals surface area contributed by atoms with Crippen molar-refractivity contribution in [2.24, 2.45) is 7.05 Å². The van der Waals surface area contributed by atoms with Crippen molar-refractivity contribution in [3.8, 4) is 0 Å². The van der Waals surface area contributed by atoms with E-state index >= 15 is 0 Å². The quantitative estimate of drug-likeness (QED) is 0.837. The van der Waals surface area contributed by atoms with E-state index in [-0.39, 0.29) is 0 Å². The monoisotopic (exact) mass is 286 g/mol. The molecule has 0 amide bonds. The summed E-state index contributed by atoms with van der Waals surface area (Å²) in [7, 11) is 2.11. The van der Waals surface area contributed by atoms with E-state index in [0.717, 1.165) is 25.5 Å². The average molecular weight is 286 g/mol. The van der Waals surface area contributed by atoms with E-state index in [1.807, 2.05) is 23.1 Å². The molecule has 2 aliphatic rings. The molecule has 6 heteroatoms. The highest BCUT2D eigenvalue weighted by atomic mass is 15.3. The standard InChI is InChI=1S/C15H22N6/c1-19-14(17-18-15(19)12-5-6-12)11-20-8-2-4-13(20)10-21-9-3-7-16-21/h3,7,9,12-13H,2,4-6,8,10-11H2,1H3/t13-/m0/s1. The van der Waals surface area contributed by atoms with E-state index < -0.39 is 0 Å². The lowest BCUT2D eigenvalue weighted by molar-refractivity contribution is 0.212. The lowest BCUT2D eigenvalue weighted by Gasteiger charge is -2.23. The van der Waals surface area contributed by atoms with Crippen molar-refractivity contribution in [1.29, 1.82) is 0 Å². The zero-order chi connectivity index (χ0) is 14.2. The predicted molar refractivity (Wildman–Crippen MR) is 78.6 cm³/mol. The molecule has 0 spiro atoms. The second kappa shape index (κ2) is 5.26. The third kappa shape index (κ3) is 2.60. The lowest BCUT2D eigenvalue weighted by Crippen LogP contribution is -2.33. The minimum atomic E-state index is 0.561. The van der Waals surface area contributed by atoms with Crippen LogP contribution in [0.4, 0.5) is 0 Å². The Morgan fingerprint density at radius 2 is 2.14 bits per heavy atom. The van der Waals surface area contributed by atoms with Crippen LogP contribution >= 0.6 is 0 Å². The first-order valence-electron chi connectivity index (χ1n) is 7.91. The molecule has 2 fully saturated rings.